The Bertz CT molecular complexity index is 946. The average molecular weight is 436 g/mol. The summed E-state index contributed by atoms with van der Waals surface area (Å²) in [7, 11) is -4.40. The van der Waals surface area contributed by atoms with Crippen LogP contribution in [0.2, 0.25) is 5.28 Å². The number of hydrogen-bond donors (Lipinski definition) is 5. The lowest BCUT2D eigenvalue weighted by molar-refractivity contribution is -0.0122. The van der Waals surface area contributed by atoms with Crippen molar-refractivity contribution in [1.82, 2.24) is 19.5 Å². The molecule has 2 aromatic rings. The highest BCUT2D eigenvalue weighted by molar-refractivity contribution is 7.51. The predicted octanol–water partition coefficient (Wildman–Crippen LogP) is 0.544. The van der Waals surface area contributed by atoms with Crippen LogP contribution in [-0.4, -0.2) is 64.1 Å². The Morgan fingerprint density at radius 1 is 1.43 bits per heavy atom. The number of ether oxygens (including phenoxy) is 2. The number of aliphatic hydroxyl groups is 2. The molecular weight excluding hydrogens is 417 g/mol. The van der Waals surface area contributed by atoms with Gasteiger partial charge in [-0.25, -0.2) is 4.98 Å². The summed E-state index contributed by atoms with van der Waals surface area (Å²) in [5.74, 6) is 0.200. The average Bonchev–Trinajstić information content (AvgIpc) is 3.09. The summed E-state index contributed by atoms with van der Waals surface area (Å²) in [6.07, 6.45) is -2.72. The smallest absolute Gasteiger partial charge is 0.362 e. The normalized spacial score (nSPS) is 24.1. The summed E-state index contributed by atoms with van der Waals surface area (Å²) in [5.41, 5.74) is 0.648. The van der Waals surface area contributed by atoms with Gasteiger partial charge in [0.15, 0.2) is 29.1 Å². The fourth-order valence-electron chi connectivity index (χ4n) is 2.59. The van der Waals surface area contributed by atoms with Crippen molar-refractivity contribution in [2.45, 2.75) is 38.3 Å². The van der Waals surface area contributed by atoms with Crippen LogP contribution in [-0.2, 0) is 14.0 Å². The van der Waals surface area contributed by atoms with E-state index < -0.39 is 32.4 Å². The van der Waals surface area contributed by atoms with Gasteiger partial charge in [-0.15, -0.1) is 0 Å². The molecule has 0 bridgehead atoms. The van der Waals surface area contributed by atoms with E-state index in [-0.39, 0.29) is 22.7 Å². The SMILES string of the molecule is CC(C)Nc1nc(Cl)nc2c1ncn2[C@@H]1OC(=COCP(=O)(O)O)[C@@H](O)[C@H]1O. The quantitative estimate of drug-likeness (QED) is 0.243. The van der Waals surface area contributed by atoms with E-state index in [1.54, 1.807) is 0 Å². The summed E-state index contributed by atoms with van der Waals surface area (Å²) in [6, 6.07) is 0.0511. The van der Waals surface area contributed by atoms with E-state index in [1.807, 2.05) is 13.8 Å². The molecule has 28 heavy (non-hydrogen) atoms. The zero-order valence-corrected chi connectivity index (χ0v) is 16.4. The molecule has 0 aliphatic carbocycles. The van der Waals surface area contributed by atoms with Gasteiger partial charge in [-0.05, 0) is 25.4 Å². The van der Waals surface area contributed by atoms with Crippen LogP contribution in [0.5, 0.6) is 0 Å². The maximum absolute atomic E-state index is 10.8. The molecule has 3 atom stereocenters. The van der Waals surface area contributed by atoms with Crippen molar-refractivity contribution in [3.8, 4) is 0 Å². The number of aromatic nitrogens is 4. The number of rotatable bonds is 6. The first-order valence-electron chi connectivity index (χ1n) is 8.12. The van der Waals surface area contributed by atoms with Crippen molar-refractivity contribution in [2.24, 2.45) is 0 Å². The lowest BCUT2D eigenvalue weighted by atomic mass is 10.2. The highest BCUT2D eigenvalue weighted by Crippen LogP contribution is 2.37. The first kappa shape index (κ1) is 20.8. The molecule has 3 heterocycles. The van der Waals surface area contributed by atoms with Crippen LogP contribution < -0.4 is 5.32 Å². The predicted molar refractivity (Wildman–Crippen MR) is 97.3 cm³/mol. The van der Waals surface area contributed by atoms with Crippen molar-refractivity contribution in [2.75, 3.05) is 11.7 Å². The number of halogens is 1. The third kappa shape index (κ3) is 4.37. The van der Waals surface area contributed by atoms with Gasteiger partial charge in [-0.1, -0.05) is 0 Å². The summed E-state index contributed by atoms with van der Waals surface area (Å²) in [4.78, 5) is 30.1. The summed E-state index contributed by atoms with van der Waals surface area (Å²) in [5, 5.41) is 23.5. The van der Waals surface area contributed by atoms with Crippen LogP contribution in [0.25, 0.3) is 11.2 Å². The minimum Gasteiger partial charge on any atom is -0.485 e. The van der Waals surface area contributed by atoms with Crippen LogP contribution in [0.4, 0.5) is 5.82 Å². The molecular formula is C14H19ClN5O7P. The highest BCUT2D eigenvalue weighted by Gasteiger charge is 2.42. The fourth-order valence-corrected chi connectivity index (χ4v) is 3.02. The Morgan fingerprint density at radius 2 is 2.14 bits per heavy atom. The van der Waals surface area contributed by atoms with Gasteiger partial charge < -0.3 is 34.8 Å². The fraction of sp³-hybridized carbons (Fsp3) is 0.500. The molecule has 154 valence electrons. The topological polar surface area (TPSA) is 172 Å². The maximum atomic E-state index is 10.8. The molecule has 0 radical (unpaired) electrons. The molecule has 1 aliphatic heterocycles. The van der Waals surface area contributed by atoms with Crippen molar-refractivity contribution < 1.29 is 34.0 Å². The Morgan fingerprint density at radius 3 is 2.79 bits per heavy atom. The zero-order valence-electron chi connectivity index (χ0n) is 14.8. The van der Waals surface area contributed by atoms with Gasteiger partial charge >= 0.3 is 7.60 Å². The van der Waals surface area contributed by atoms with Gasteiger partial charge in [0.25, 0.3) is 0 Å². The molecule has 5 N–H and O–H groups in total. The number of anilines is 1. The van der Waals surface area contributed by atoms with E-state index in [0.29, 0.717) is 11.3 Å². The minimum atomic E-state index is -4.40. The summed E-state index contributed by atoms with van der Waals surface area (Å²) < 4.78 is 22.4. The van der Waals surface area contributed by atoms with E-state index in [0.717, 1.165) is 6.26 Å². The van der Waals surface area contributed by atoms with E-state index >= 15 is 0 Å². The first-order chi connectivity index (χ1) is 13.1. The Balaban J connectivity index is 1.91. The van der Waals surface area contributed by atoms with Crippen molar-refractivity contribution in [3.05, 3.63) is 23.6 Å². The van der Waals surface area contributed by atoms with E-state index in [4.69, 9.17) is 30.9 Å². The molecule has 3 rings (SSSR count). The van der Waals surface area contributed by atoms with Crippen LogP contribution in [0.1, 0.15) is 20.1 Å². The number of nitrogens with one attached hydrogen (secondary N) is 1. The molecule has 0 aromatic carbocycles. The molecule has 14 heteroatoms. The molecule has 0 unspecified atom stereocenters. The van der Waals surface area contributed by atoms with Gasteiger partial charge in [-0.3, -0.25) is 9.13 Å². The van der Waals surface area contributed by atoms with Crippen molar-refractivity contribution >= 4 is 36.2 Å². The second kappa shape index (κ2) is 7.82. The number of nitrogens with zero attached hydrogens (tertiary/aromatic N) is 4. The standard InChI is InChI=1S/C14H19ClN5O7P/c1-6(2)17-11-8-12(19-14(15)18-11)20(4-16-8)13-10(22)9(21)7(27-13)3-26-5-28(23,24)25/h3-4,6,9-10,13,21-22H,5H2,1-2H3,(H,17,18,19)(H2,23,24,25)/t9-,10-,13-/m1/s1. The number of imidazole rings is 1. The van der Waals surface area contributed by atoms with Gasteiger partial charge in [0.1, 0.15) is 24.8 Å². The molecule has 0 spiro atoms. The van der Waals surface area contributed by atoms with E-state index in [9.17, 15) is 14.8 Å². The second-order valence-electron chi connectivity index (χ2n) is 6.39. The molecule has 2 aromatic heterocycles. The molecule has 1 aliphatic rings. The zero-order chi connectivity index (χ0) is 20.6. The minimum absolute atomic E-state index is 0.0498. The van der Waals surface area contributed by atoms with E-state index in [2.05, 4.69) is 20.3 Å². The second-order valence-corrected chi connectivity index (χ2v) is 8.31. The van der Waals surface area contributed by atoms with Crippen LogP contribution in [0.3, 0.4) is 0 Å². The lowest BCUT2D eigenvalue weighted by Crippen LogP contribution is -2.27. The van der Waals surface area contributed by atoms with Gasteiger partial charge in [0.2, 0.25) is 11.5 Å². The largest absolute Gasteiger partial charge is 0.485 e. The van der Waals surface area contributed by atoms with Crippen molar-refractivity contribution in [3.63, 3.8) is 0 Å². The third-order valence-electron chi connectivity index (χ3n) is 3.70. The number of fused-ring (bicyclic) bond motifs is 1. The highest BCUT2D eigenvalue weighted by atomic mass is 35.5. The lowest BCUT2D eigenvalue weighted by Gasteiger charge is -2.16. The summed E-state index contributed by atoms with van der Waals surface area (Å²) in [6.45, 7) is 3.82. The van der Waals surface area contributed by atoms with Gasteiger partial charge in [0.05, 0.1) is 0 Å². The maximum Gasteiger partial charge on any atom is 0.362 e. The summed E-state index contributed by atoms with van der Waals surface area (Å²) >= 11 is 5.99. The Kier molecular flexibility index (Phi) is 5.80. The molecule has 1 saturated heterocycles. The van der Waals surface area contributed by atoms with Crippen LogP contribution in [0, 0.1) is 0 Å². The number of aliphatic hydroxyl groups excluding tert-OH is 2. The molecule has 0 amide bonds. The monoisotopic (exact) mass is 435 g/mol. The number of hydrogen-bond acceptors (Lipinski definition) is 9. The van der Waals surface area contributed by atoms with Crippen LogP contribution in [0.15, 0.2) is 18.3 Å². The Hall–Kier alpha value is -1.95. The van der Waals surface area contributed by atoms with Gasteiger partial charge in [-0.2, -0.15) is 9.97 Å². The molecule has 0 saturated carbocycles. The van der Waals surface area contributed by atoms with Gasteiger partial charge in [0, 0.05) is 6.04 Å². The van der Waals surface area contributed by atoms with E-state index in [1.165, 1.54) is 10.9 Å². The third-order valence-corrected chi connectivity index (χ3v) is 4.35. The Labute approximate surface area is 164 Å². The van der Waals surface area contributed by atoms with Crippen LogP contribution >= 0.6 is 19.2 Å². The molecule has 1 fully saturated rings. The first-order valence-corrected chi connectivity index (χ1v) is 10.3. The van der Waals surface area contributed by atoms with Crippen molar-refractivity contribution in [1.29, 1.82) is 0 Å². The molecule has 12 nitrogen and oxygen atoms in total.